The minimum Gasteiger partial charge on any atom is -0.497 e. The number of benzene rings is 1. The minimum absolute atomic E-state index is 0.467. The topological polar surface area (TPSA) is 102 Å². The second kappa shape index (κ2) is 10.2. The van der Waals surface area contributed by atoms with E-state index in [1.54, 1.807) is 13.4 Å². The van der Waals surface area contributed by atoms with Crippen LogP contribution in [-0.2, 0) is 0 Å². The second-order valence-electron chi connectivity index (χ2n) is 7.19. The van der Waals surface area contributed by atoms with Crippen molar-refractivity contribution in [2.75, 3.05) is 55.8 Å². The van der Waals surface area contributed by atoms with Gasteiger partial charge in [0.1, 0.15) is 21.9 Å². The van der Waals surface area contributed by atoms with Crippen molar-refractivity contribution in [3.63, 3.8) is 0 Å². The fourth-order valence-electron chi connectivity index (χ4n) is 3.51. The number of thiocarbonyl (C=S) groups is 1. The Morgan fingerprint density at radius 1 is 1.29 bits per heavy atom. The van der Waals surface area contributed by atoms with Gasteiger partial charge in [0.25, 0.3) is 0 Å². The largest absolute Gasteiger partial charge is 0.497 e. The number of nitrogens with zero attached hydrogens (tertiary/aromatic N) is 5. The normalized spacial score (nSPS) is 15.7. The molecule has 3 aromatic rings. The van der Waals surface area contributed by atoms with Gasteiger partial charge in [0.2, 0.25) is 0 Å². The Morgan fingerprint density at radius 2 is 2.13 bits per heavy atom. The number of aliphatic hydroxyl groups is 1. The molecule has 4 rings (SSSR count). The van der Waals surface area contributed by atoms with Crippen LogP contribution in [0.3, 0.4) is 0 Å². The van der Waals surface area contributed by atoms with Crippen molar-refractivity contribution >= 4 is 51.0 Å². The van der Waals surface area contributed by atoms with E-state index < -0.39 is 6.10 Å². The molecule has 1 aliphatic rings. The fraction of sp³-hybridized carbons (Fsp3) is 0.400. The number of piperazine rings is 1. The molecule has 0 bridgehead atoms. The molecule has 1 saturated heterocycles. The van der Waals surface area contributed by atoms with Gasteiger partial charge in [-0.25, -0.2) is 15.0 Å². The van der Waals surface area contributed by atoms with E-state index in [0.29, 0.717) is 33.6 Å². The van der Waals surface area contributed by atoms with Gasteiger partial charge in [-0.15, -0.1) is 0 Å². The number of hydrogen-bond donors (Lipinski definition) is 3. The fourth-order valence-corrected chi connectivity index (χ4v) is 4.43. The zero-order chi connectivity index (χ0) is 21.6. The zero-order valence-electron chi connectivity index (χ0n) is 17.2. The number of hydrogen-bond acceptors (Lipinski definition) is 9. The van der Waals surface area contributed by atoms with Crippen LogP contribution in [0.5, 0.6) is 5.75 Å². The van der Waals surface area contributed by atoms with E-state index in [4.69, 9.17) is 17.0 Å². The zero-order valence-corrected chi connectivity index (χ0v) is 18.8. The molecule has 1 aromatic carbocycles. The number of anilines is 2. The highest BCUT2D eigenvalue weighted by Crippen LogP contribution is 2.22. The molecular weight excluding hydrogens is 434 g/mol. The van der Waals surface area contributed by atoms with Gasteiger partial charge in [-0.05, 0) is 12.1 Å². The Balaban J connectivity index is 1.20. The van der Waals surface area contributed by atoms with Crippen LogP contribution >= 0.6 is 24.0 Å². The SMILES string of the molecule is COc1cccc(N2CCN(CC(O)CSC(=S)Nc3ncnc4nc[nH]c34)CC2)c1. The van der Waals surface area contributed by atoms with Crippen LogP contribution in [0.2, 0.25) is 0 Å². The van der Waals surface area contributed by atoms with Gasteiger partial charge in [0, 0.05) is 50.2 Å². The predicted octanol–water partition coefficient (Wildman–Crippen LogP) is 1.97. The highest BCUT2D eigenvalue weighted by atomic mass is 32.2. The summed E-state index contributed by atoms with van der Waals surface area (Å²) >= 11 is 6.81. The van der Waals surface area contributed by atoms with Crippen molar-refractivity contribution in [3.8, 4) is 5.75 Å². The summed E-state index contributed by atoms with van der Waals surface area (Å²) in [6, 6.07) is 8.13. The molecule has 0 aliphatic carbocycles. The van der Waals surface area contributed by atoms with Crippen molar-refractivity contribution in [3.05, 3.63) is 36.9 Å². The molecule has 3 heterocycles. The van der Waals surface area contributed by atoms with Gasteiger partial charge in [0.05, 0.1) is 19.5 Å². The summed E-state index contributed by atoms with van der Waals surface area (Å²) in [5.74, 6) is 1.97. The predicted molar refractivity (Wildman–Crippen MR) is 128 cm³/mol. The third kappa shape index (κ3) is 5.62. The highest BCUT2D eigenvalue weighted by Gasteiger charge is 2.20. The van der Waals surface area contributed by atoms with Crippen molar-refractivity contribution in [1.29, 1.82) is 0 Å². The number of β-amino-alcohol motifs (C(OH)–C–C–N with tert-alkyl or cyclic N) is 1. The van der Waals surface area contributed by atoms with E-state index in [9.17, 15) is 5.11 Å². The Labute approximate surface area is 190 Å². The van der Waals surface area contributed by atoms with E-state index >= 15 is 0 Å². The molecule has 1 atom stereocenters. The van der Waals surface area contributed by atoms with Crippen molar-refractivity contribution in [2.45, 2.75) is 6.10 Å². The molecule has 1 aliphatic heterocycles. The van der Waals surface area contributed by atoms with E-state index in [1.165, 1.54) is 23.8 Å². The quantitative estimate of drug-likeness (QED) is 0.455. The minimum atomic E-state index is -0.467. The number of imidazole rings is 1. The first-order chi connectivity index (χ1) is 15.1. The molecule has 3 N–H and O–H groups in total. The van der Waals surface area contributed by atoms with Crippen LogP contribution in [0.25, 0.3) is 11.2 Å². The molecule has 0 spiro atoms. The molecule has 31 heavy (non-hydrogen) atoms. The molecule has 2 aromatic heterocycles. The Bertz CT molecular complexity index is 1020. The summed E-state index contributed by atoms with van der Waals surface area (Å²) in [7, 11) is 1.68. The number of thioether (sulfide) groups is 1. The number of aliphatic hydroxyl groups excluding tert-OH is 1. The maximum atomic E-state index is 10.5. The van der Waals surface area contributed by atoms with Gasteiger partial charge in [-0.2, -0.15) is 0 Å². The molecule has 9 nitrogen and oxygen atoms in total. The van der Waals surface area contributed by atoms with E-state index in [2.05, 4.69) is 47.2 Å². The Hall–Kier alpha value is -2.47. The average Bonchev–Trinajstić information content (AvgIpc) is 3.28. The van der Waals surface area contributed by atoms with E-state index in [-0.39, 0.29) is 0 Å². The molecule has 1 unspecified atom stereocenters. The molecule has 0 saturated carbocycles. The second-order valence-corrected chi connectivity index (χ2v) is 8.89. The van der Waals surface area contributed by atoms with Crippen LogP contribution < -0.4 is 15.0 Å². The molecular formula is C20H25N7O2S2. The standard InChI is InChI=1S/C20H25N7O2S2/c1-29-16-4-2-3-14(9-16)27-7-5-26(6-8-27)10-15(28)11-31-20(30)25-19-17-18(22-12-21-17)23-13-24-19/h2-4,9,12-13,15,28H,5-8,10-11H2,1H3,(H2,21,22,23,24,25,30). The highest BCUT2D eigenvalue weighted by molar-refractivity contribution is 8.23. The summed E-state index contributed by atoms with van der Waals surface area (Å²) in [5, 5.41) is 13.6. The number of ether oxygens (including phenoxy) is 1. The van der Waals surface area contributed by atoms with Crippen LogP contribution in [0.1, 0.15) is 0 Å². The van der Waals surface area contributed by atoms with Gasteiger partial charge in [-0.1, -0.05) is 30.0 Å². The van der Waals surface area contributed by atoms with Crippen LogP contribution in [0, 0.1) is 0 Å². The monoisotopic (exact) mass is 459 g/mol. The van der Waals surface area contributed by atoms with Crippen molar-refractivity contribution < 1.29 is 9.84 Å². The van der Waals surface area contributed by atoms with Gasteiger partial charge in [-0.3, -0.25) is 4.90 Å². The summed E-state index contributed by atoms with van der Waals surface area (Å²) in [5.41, 5.74) is 2.46. The number of rotatable bonds is 7. The Kier molecular flexibility index (Phi) is 7.17. The molecule has 0 amide bonds. The number of H-pyrrole nitrogens is 1. The number of fused-ring (bicyclic) bond motifs is 1. The van der Waals surface area contributed by atoms with Crippen molar-refractivity contribution in [1.82, 2.24) is 24.8 Å². The summed E-state index contributed by atoms with van der Waals surface area (Å²) < 4.78 is 5.87. The average molecular weight is 460 g/mol. The first kappa shape index (κ1) is 21.8. The first-order valence-electron chi connectivity index (χ1n) is 9.99. The summed E-state index contributed by atoms with van der Waals surface area (Å²) in [4.78, 5) is 20.0. The molecule has 164 valence electrons. The number of nitrogens with one attached hydrogen (secondary N) is 2. The lowest BCUT2D eigenvalue weighted by molar-refractivity contribution is 0.126. The smallest absolute Gasteiger partial charge is 0.182 e. The van der Waals surface area contributed by atoms with E-state index in [0.717, 1.165) is 31.9 Å². The lowest BCUT2D eigenvalue weighted by Gasteiger charge is -2.37. The maximum absolute atomic E-state index is 10.5. The van der Waals surface area contributed by atoms with Crippen LogP contribution in [-0.4, -0.2) is 86.0 Å². The van der Waals surface area contributed by atoms with Crippen molar-refractivity contribution in [2.24, 2.45) is 0 Å². The molecule has 0 radical (unpaired) electrons. The molecule has 1 fully saturated rings. The van der Waals surface area contributed by atoms with Crippen LogP contribution in [0.4, 0.5) is 11.5 Å². The number of aromatic nitrogens is 4. The van der Waals surface area contributed by atoms with Gasteiger partial charge in [0.15, 0.2) is 11.5 Å². The first-order valence-corrected chi connectivity index (χ1v) is 11.4. The van der Waals surface area contributed by atoms with E-state index in [1.807, 2.05) is 12.1 Å². The Morgan fingerprint density at radius 3 is 2.94 bits per heavy atom. The molecule has 11 heteroatoms. The lowest BCUT2D eigenvalue weighted by atomic mass is 10.2. The summed E-state index contributed by atoms with van der Waals surface area (Å²) in [6.45, 7) is 4.27. The van der Waals surface area contributed by atoms with Gasteiger partial charge < -0.3 is 25.0 Å². The maximum Gasteiger partial charge on any atom is 0.182 e. The van der Waals surface area contributed by atoms with Crippen LogP contribution in [0.15, 0.2) is 36.9 Å². The number of aromatic amines is 1. The lowest BCUT2D eigenvalue weighted by Crippen LogP contribution is -2.49. The number of methoxy groups -OCH3 is 1. The third-order valence-electron chi connectivity index (χ3n) is 5.11. The summed E-state index contributed by atoms with van der Waals surface area (Å²) in [6.07, 6.45) is 2.54. The van der Waals surface area contributed by atoms with Gasteiger partial charge >= 0.3 is 0 Å². The third-order valence-corrected chi connectivity index (χ3v) is 6.48.